The molecule has 3 aromatic rings. The lowest BCUT2D eigenvalue weighted by Gasteiger charge is -1.99. The van der Waals surface area contributed by atoms with Crippen LogP contribution in [-0.2, 0) is 7.05 Å². The molecule has 0 N–H and O–H groups in total. The molecule has 2 aromatic carbocycles. The van der Waals surface area contributed by atoms with E-state index in [0.717, 1.165) is 5.69 Å². The smallest absolute Gasteiger partial charge is 0.100 e. The van der Waals surface area contributed by atoms with Crippen LogP contribution in [0.1, 0.15) is 5.56 Å². The van der Waals surface area contributed by atoms with Crippen molar-refractivity contribution in [3.05, 3.63) is 54.1 Å². The van der Waals surface area contributed by atoms with Crippen LogP contribution in [-0.4, -0.2) is 9.78 Å². The molecule has 0 fully saturated rings. The summed E-state index contributed by atoms with van der Waals surface area (Å²) in [5, 5.41) is 5.89. The first-order chi connectivity index (χ1) is 8.27. The van der Waals surface area contributed by atoms with Crippen LogP contribution >= 0.6 is 0 Å². The average molecular weight is 222 g/mol. The van der Waals surface area contributed by atoms with Gasteiger partial charge in [-0.25, -0.2) is 0 Å². The fourth-order valence-electron chi connectivity index (χ4n) is 2.28. The van der Waals surface area contributed by atoms with Gasteiger partial charge in [-0.1, -0.05) is 42.5 Å². The van der Waals surface area contributed by atoms with Crippen LogP contribution in [0.3, 0.4) is 0 Å². The minimum Gasteiger partial charge on any atom is -0.267 e. The van der Waals surface area contributed by atoms with Crippen molar-refractivity contribution in [1.82, 2.24) is 9.78 Å². The van der Waals surface area contributed by atoms with Crippen LogP contribution in [0.15, 0.2) is 48.5 Å². The fourth-order valence-corrected chi connectivity index (χ4v) is 2.28. The van der Waals surface area contributed by atoms with E-state index in [9.17, 15) is 0 Å². The SMILES string of the molecule is Cc1cccc2c1c(-c1ccccc1)nn2C. The average Bonchev–Trinajstić information content (AvgIpc) is 2.70. The summed E-state index contributed by atoms with van der Waals surface area (Å²) in [5.41, 5.74) is 4.70. The van der Waals surface area contributed by atoms with Gasteiger partial charge in [-0.2, -0.15) is 5.10 Å². The third-order valence-corrected chi connectivity index (χ3v) is 3.13. The second-order valence-corrected chi connectivity index (χ2v) is 4.31. The minimum absolute atomic E-state index is 1.07. The van der Waals surface area contributed by atoms with Gasteiger partial charge in [0.05, 0.1) is 5.52 Å². The number of rotatable bonds is 1. The summed E-state index contributed by atoms with van der Waals surface area (Å²) in [5.74, 6) is 0. The second kappa shape index (κ2) is 3.74. The van der Waals surface area contributed by atoms with Crippen molar-refractivity contribution in [3.63, 3.8) is 0 Å². The van der Waals surface area contributed by atoms with E-state index in [2.05, 4.69) is 42.4 Å². The monoisotopic (exact) mass is 222 g/mol. The Hall–Kier alpha value is -2.09. The van der Waals surface area contributed by atoms with Crippen molar-refractivity contribution in [1.29, 1.82) is 0 Å². The predicted molar refractivity (Wildman–Crippen MR) is 70.9 cm³/mol. The molecule has 0 saturated carbocycles. The maximum atomic E-state index is 4.64. The molecule has 0 aliphatic rings. The lowest BCUT2D eigenvalue weighted by molar-refractivity contribution is 0.800. The zero-order valence-corrected chi connectivity index (χ0v) is 10.0. The van der Waals surface area contributed by atoms with Gasteiger partial charge in [0.1, 0.15) is 5.69 Å². The first kappa shape index (κ1) is 10.1. The molecule has 84 valence electrons. The van der Waals surface area contributed by atoms with E-state index < -0.39 is 0 Å². The molecule has 3 rings (SSSR count). The molecule has 0 bridgehead atoms. The van der Waals surface area contributed by atoms with Gasteiger partial charge in [0, 0.05) is 18.0 Å². The third-order valence-electron chi connectivity index (χ3n) is 3.13. The Labute approximate surface area is 101 Å². The van der Waals surface area contributed by atoms with Crippen molar-refractivity contribution in [2.75, 3.05) is 0 Å². The predicted octanol–water partition coefficient (Wildman–Crippen LogP) is 3.55. The van der Waals surface area contributed by atoms with E-state index >= 15 is 0 Å². The highest BCUT2D eigenvalue weighted by atomic mass is 15.3. The molecule has 2 heteroatoms. The number of fused-ring (bicyclic) bond motifs is 1. The molecular weight excluding hydrogens is 208 g/mol. The highest BCUT2D eigenvalue weighted by Gasteiger charge is 2.11. The Bertz CT molecular complexity index is 666. The molecule has 0 spiro atoms. The normalized spacial score (nSPS) is 10.9. The molecule has 0 radical (unpaired) electrons. The Morgan fingerprint density at radius 2 is 1.71 bits per heavy atom. The van der Waals surface area contributed by atoms with Gasteiger partial charge in [-0.05, 0) is 18.6 Å². The highest BCUT2D eigenvalue weighted by molar-refractivity contribution is 5.95. The molecule has 0 aliphatic carbocycles. The summed E-state index contributed by atoms with van der Waals surface area (Å²) < 4.78 is 1.95. The largest absolute Gasteiger partial charge is 0.267 e. The standard InChI is InChI=1S/C15H14N2/c1-11-7-6-10-13-14(11)15(16-17(13)2)12-8-4-3-5-9-12/h3-10H,1-2H3. The molecule has 0 saturated heterocycles. The van der Waals surface area contributed by atoms with E-state index in [-0.39, 0.29) is 0 Å². The number of benzene rings is 2. The Balaban J connectivity index is 2.38. The molecule has 0 unspecified atom stereocenters. The third kappa shape index (κ3) is 1.53. The summed E-state index contributed by atoms with van der Waals surface area (Å²) in [6.45, 7) is 2.14. The lowest BCUT2D eigenvalue weighted by Crippen LogP contribution is -1.89. The summed E-state index contributed by atoms with van der Waals surface area (Å²) >= 11 is 0. The van der Waals surface area contributed by atoms with Gasteiger partial charge in [-0.3, -0.25) is 4.68 Å². The van der Waals surface area contributed by atoms with Gasteiger partial charge in [0.15, 0.2) is 0 Å². The molecule has 2 nitrogen and oxygen atoms in total. The lowest BCUT2D eigenvalue weighted by atomic mass is 10.0. The highest BCUT2D eigenvalue weighted by Crippen LogP contribution is 2.29. The number of hydrogen-bond donors (Lipinski definition) is 0. The molecule has 0 amide bonds. The van der Waals surface area contributed by atoms with Crippen molar-refractivity contribution >= 4 is 10.9 Å². The molecule has 17 heavy (non-hydrogen) atoms. The number of aryl methyl sites for hydroxylation is 2. The first-order valence-corrected chi connectivity index (χ1v) is 5.75. The molecule has 1 heterocycles. The van der Waals surface area contributed by atoms with Gasteiger partial charge in [0.2, 0.25) is 0 Å². The number of hydrogen-bond acceptors (Lipinski definition) is 1. The van der Waals surface area contributed by atoms with Crippen molar-refractivity contribution in [3.8, 4) is 11.3 Å². The fraction of sp³-hybridized carbons (Fsp3) is 0.133. The van der Waals surface area contributed by atoms with Gasteiger partial charge >= 0.3 is 0 Å². The Morgan fingerprint density at radius 3 is 2.47 bits per heavy atom. The van der Waals surface area contributed by atoms with Crippen LogP contribution in [0.4, 0.5) is 0 Å². The van der Waals surface area contributed by atoms with E-state index in [1.54, 1.807) is 0 Å². The van der Waals surface area contributed by atoms with E-state index in [1.165, 1.54) is 22.0 Å². The molecule has 0 aliphatic heterocycles. The summed E-state index contributed by atoms with van der Waals surface area (Å²) in [6, 6.07) is 16.7. The van der Waals surface area contributed by atoms with Crippen LogP contribution in [0.2, 0.25) is 0 Å². The Morgan fingerprint density at radius 1 is 0.941 bits per heavy atom. The molecular formula is C15H14N2. The van der Waals surface area contributed by atoms with Crippen LogP contribution in [0.25, 0.3) is 22.2 Å². The zero-order chi connectivity index (χ0) is 11.8. The quantitative estimate of drug-likeness (QED) is 0.615. The van der Waals surface area contributed by atoms with Gasteiger partial charge in [-0.15, -0.1) is 0 Å². The van der Waals surface area contributed by atoms with Gasteiger partial charge in [0.25, 0.3) is 0 Å². The van der Waals surface area contributed by atoms with Crippen LogP contribution < -0.4 is 0 Å². The maximum Gasteiger partial charge on any atom is 0.100 e. The van der Waals surface area contributed by atoms with Gasteiger partial charge < -0.3 is 0 Å². The van der Waals surface area contributed by atoms with E-state index in [1.807, 2.05) is 29.9 Å². The topological polar surface area (TPSA) is 17.8 Å². The van der Waals surface area contributed by atoms with Crippen LogP contribution in [0.5, 0.6) is 0 Å². The number of nitrogens with zero attached hydrogens (tertiary/aromatic N) is 2. The molecule has 1 aromatic heterocycles. The van der Waals surface area contributed by atoms with Crippen LogP contribution in [0, 0.1) is 6.92 Å². The molecule has 0 atom stereocenters. The Kier molecular flexibility index (Phi) is 2.22. The zero-order valence-electron chi connectivity index (χ0n) is 10.0. The first-order valence-electron chi connectivity index (χ1n) is 5.75. The van der Waals surface area contributed by atoms with Crippen molar-refractivity contribution in [2.45, 2.75) is 6.92 Å². The summed E-state index contributed by atoms with van der Waals surface area (Å²) in [6.07, 6.45) is 0. The second-order valence-electron chi connectivity index (χ2n) is 4.31. The maximum absolute atomic E-state index is 4.64. The summed E-state index contributed by atoms with van der Waals surface area (Å²) in [4.78, 5) is 0. The van der Waals surface area contributed by atoms with Crippen molar-refractivity contribution in [2.24, 2.45) is 7.05 Å². The number of aromatic nitrogens is 2. The van der Waals surface area contributed by atoms with E-state index in [4.69, 9.17) is 0 Å². The minimum atomic E-state index is 1.07. The van der Waals surface area contributed by atoms with Crippen molar-refractivity contribution < 1.29 is 0 Å². The van der Waals surface area contributed by atoms with E-state index in [0.29, 0.717) is 0 Å². The summed E-state index contributed by atoms with van der Waals surface area (Å²) in [7, 11) is 1.99.